The first kappa shape index (κ1) is 12.6. The highest BCUT2D eigenvalue weighted by molar-refractivity contribution is 6.37. The van der Waals surface area contributed by atoms with E-state index in [4.69, 9.17) is 27.6 Å². The van der Waals surface area contributed by atoms with Gasteiger partial charge < -0.3 is 4.42 Å². The van der Waals surface area contributed by atoms with E-state index in [0.29, 0.717) is 21.8 Å². The quantitative estimate of drug-likeness (QED) is 0.351. The third-order valence-electron chi connectivity index (χ3n) is 3.37. The zero-order chi connectivity index (χ0) is 14.4. The van der Waals surface area contributed by atoms with Crippen LogP contribution in [0.4, 0.5) is 0 Å². The Balaban J connectivity index is 2.05. The Morgan fingerprint density at radius 3 is 2.48 bits per heavy atom. The number of nitrogens with zero attached hydrogens (tertiary/aromatic N) is 2. The fourth-order valence-corrected chi connectivity index (χ4v) is 2.89. The maximum atomic E-state index is 6.19. The third-order valence-corrected chi connectivity index (χ3v) is 3.81. The highest BCUT2D eigenvalue weighted by Crippen LogP contribution is 2.35. The van der Waals surface area contributed by atoms with E-state index >= 15 is 0 Å². The van der Waals surface area contributed by atoms with Gasteiger partial charge in [0.1, 0.15) is 10.7 Å². The van der Waals surface area contributed by atoms with Crippen LogP contribution in [0.1, 0.15) is 0 Å². The summed E-state index contributed by atoms with van der Waals surface area (Å²) in [6, 6.07) is 16.0. The summed E-state index contributed by atoms with van der Waals surface area (Å²) < 4.78 is 5.68. The minimum atomic E-state index is 0.0786. The molecule has 4 rings (SSSR count). The van der Waals surface area contributed by atoms with Crippen molar-refractivity contribution in [2.75, 3.05) is 0 Å². The Morgan fingerprint density at radius 1 is 0.857 bits per heavy atom. The molecule has 0 aliphatic rings. The SMILES string of the molecule is Clc1nc(Cl)c2c(n1)oc1ccc(-c3ccccc3)cc12. The molecule has 2 aromatic carbocycles. The molecule has 0 bridgehead atoms. The maximum absolute atomic E-state index is 6.19. The van der Waals surface area contributed by atoms with Gasteiger partial charge in [-0.3, -0.25) is 0 Å². The Morgan fingerprint density at radius 2 is 1.67 bits per heavy atom. The molecule has 0 saturated heterocycles. The fraction of sp³-hybridized carbons (Fsp3) is 0. The summed E-state index contributed by atoms with van der Waals surface area (Å²) in [6.45, 7) is 0. The first-order valence-corrected chi connectivity index (χ1v) is 7.09. The van der Waals surface area contributed by atoms with Crippen LogP contribution in [0, 0.1) is 0 Å². The van der Waals surface area contributed by atoms with Crippen molar-refractivity contribution in [1.82, 2.24) is 9.97 Å². The van der Waals surface area contributed by atoms with E-state index in [-0.39, 0.29) is 5.28 Å². The third kappa shape index (κ3) is 2.06. The van der Waals surface area contributed by atoms with Crippen molar-refractivity contribution >= 4 is 45.3 Å². The van der Waals surface area contributed by atoms with Gasteiger partial charge in [0.25, 0.3) is 0 Å². The number of benzene rings is 2. The monoisotopic (exact) mass is 314 g/mol. The normalized spacial score (nSPS) is 11.3. The lowest BCUT2D eigenvalue weighted by Gasteiger charge is -2.01. The summed E-state index contributed by atoms with van der Waals surface area (Å²) in [5, 5.41) is 1.95. The van der Waals surface area contributed by atoms with Crippen molar-refractivity contribution < 1.29 is 4.42 Å². The molecule has 2 aromatic heterocycles. The molecular weight excluding hydrogens is 307 g/mol. The van der Waals surface area contributed by atoms with E-state index in [1.807, 2.05) is 36.4 Å². The first-order valence-electron chi connectivity index (χ1n) is 6.33. The summed E-state index contributed by atoms with van der Waals surface area (Å²) in [7, 11) is 0. The topological polar surface area (TPSA) is 38.9 Å². The van der Waals surface area contributed by atoms with Crippen LogP contribution in [-0.2, 0) is 0 Å². The van der Waals surface area contributed by atoms with Gasteiger partial charge in [-0.2, -0.15) is 4.98 Å². The van der Waals surface area contributed by atoms with Gasteiger partial charge in [0, 0.05) is 5.39 Å². The van der Waals surface area contributed by atoms with Crippen LogP contribution in [-0.4, -0.2) is 9.97 Å². The predicted molar refractivity (Wildman–Crippen MR) is 84.8 cm³/mol. The van der Waals surface area contributed by atoms with Crippen molar-refractivity contribution in [3.63, 3.8) is 0 Å². The van der Waals surface area contributed by atoms with Crippen LogP contribution in [0.25, 0.3) is 33.2 Å². The van der Waals surface area contributed by atoms with E-state index in [1.165, 1.54) is 0 Å². The second-order valence-corrected chi connectivity index (χ2v) is 5.34. The molecule has 102 valence electrons. The van der Waals surface area contributed by atoms with E-state index in [0.717, 1.165) is 16.5 Å². The van der Waals surface area contributed by atoms with E-state index in [2.05, 4.69) is 22.1 Å². The largest absolute Gasteiger partial charge is 0.437 e. The summed E-state index contributed by atoms with van der Waals surface area (Å²) in [6.07, 6.45) is 0. The average molecular weight is 315 g/mol. The zero-order valence-electron chi connectivity index (χ0n) is 10.7. The van der Waals surface area contributed by atoms with Crippen molar-refractivity contribution in [3.05, 3.63) is 59.0 Å². The summed E-state index contributed by atoms with van der Waals surface area (Å²) in [4.78, 5) is 8.07. The molecule has 0 radical (unpaired) electrons. The number of fused-ring (bicyclic) bond motifs is 3. The second kappa shape index (κ2) is 4.72. The minimum Gasteiger partial charge on any atom is -0.437 e. The molecule has 3 nitrogen and oxygen atoms in total. The Bertz CT molecular complexity index is 964. The van der Waals surface area contributed by atoms with Crippen LogP contribution in [0.5, 0.6) is 0 Å². The Kier molecular flexibility index (Phi) is 2.84. The second-order valence-electron chi connectivity index (χ2n) is 4.64. The molecule has 4 aromatic rings. The molecule has 21 heavy (non-hydrogen) atoms. The molecule has 0 spiro atoms. The van der Waals surface area contributed by atoms with Gasteiger partial charge in [-0.05, 0) is 34.9 Å². The summed E-state index contributed by atoms with van der Waals surface area (Å²) in [5.74, 6) is 0. The minimum absolute atomic E-state index is 0.0786. The van der Waals surface area contributed by atoms with Crippen LogP contribution in [0.3, 0.4) is 0 Å². The van der Waals surface area contributed by atoms with E-state index < -0.39 is 0 Å². The van der Waals surface area contributed by atoms with Crippen LogP contribution in [0.15, 0.2) is 52.9 Å². The highest BCUT2D eigenvalue weighted by Gasteiger charge is 2.14. The molecule has 2 heterocycles. The van der Waals surface area contributed by atoms with Crippen molar-refractivity contribution in [2.45, 2.75) is 0 Å². The molecule has 5 heteroatoms. The number of hydrogen-bond acceptors (Lipinski definition) is 3. The van der Waals surface area contributed by atoms with Gasteiger partial charge in [0.15, 0.2) is 0 Å². The summed E-state index contributed by atoms with van der Waals surface area (Å²) in [5.41, 5.74) is 3.32. The number of furan rings is 1. The van der Waals surface area contributed by atoms with Crippen LogP contribution < -0.4 is 0 Å². The zero-order valence-corrected chi connectivity index (χ0v) is 12.2. The van der Waals surface area contributed by atoms with Gasteiger partial charge in [-0.1, -0.05) is 48.0 Å². The van der Waals surface area contributed by atoms with Crippen LogP contribution in [0.2, 0.25) is 10.4 Å². The lowest BCUT2D eigenvalue weighted by atomic mass is 10.0. The van der Waals surface area contributed by atoms with Crippen molar-refractivity contribution in [3.8, 4) is 11.1 Å². The lowest BCUT2D eigenvalue weighted by molar-refractivity contribution is 0.653. The molecule has 0 amide bonds. The van der Waals surface area contributed by atoms with Gasteiger partial charge in [-0.25, -0.2) is 4.98 Å². The van der Waals surface area contributed by atoms with Gasteiger partial charge in [0.2, 0.25) is 11.0 Å². The molecule has 0 N–H and O–H groups in total. The van der Waals surface area contributed by atoms with E-state index in [9.17, 15) is 0 Å². The highest BCUT2D eigenvalue weighted by atomic mass is 35.5. The van der Waals surface area contributed by atoms with Crippen molar-refractivity contribution in [2.24, 2.45) is 0 Å². The summed E-state index contributed by atoms with van der Waals surface area (Å²) >= 11 is 12.0. The smallest absolute Gasteiger partial charge is 0.233 e. The Hall–Kier alpha value is -2.10. The van der Waals surface area contributed by atoms with Crippen molar-refractivity contribution in [1.29, 1.82) is 0 Å². The van der Waals surface area contributed by atoms with E-state index in [1.54, 1.807) is 0 Å². The standard InChI is InChI=1S/C16H8Cl2N2O/c17-14-13-11-8-10(9-4-2-1-3-5-9)6-7-12(11)21-15(13)20-16(18)19-14/h1-8H. The lowest BCUT2D eigenvalue weighted by Crippen LogP contribution is -1.83. The predicted octanol–water partition coefficient (Wildman–Crippen LogP) is 5.35. The number of aromatic nitrogens is 2. The molecular formula is C16H8Cl2N2O. The number of halogens is 2. The fourth-order valence-electron chi connectivity index (χ4n) is 2.42. The molecule has 0 aliphatic carbocycles. The van der Waals surface area contributed by atoms with Crippen LogP contribution >= 0.6 is 23.2 Å². The first-order chi connectivity index (χ1) is 10.2. The molecule has 0 aliphatic heterocycles. The molecule has 0 fully saturated rings. The van der Waals surface area contributed by atoms with Gasteiger partial charge >= 0.3 is 0 Å². The molecule has 0 atom stereocenters. The maximum Gasteiger partial charge on any atom is 0.233 e. The average Bonchev–Trinajstić information content (AvgIpc) is 2.85. The van der Waals surface area contributed by atoms with Gasteiger partial charge in [0.05, 0.1) is 5.39 Å². The number of hydrogen-bond donors (Lipinski definition) is 0. The Labute approximate surface area is 130 Å². The number of rotatable bonds is 1. The van der Waals surface area contributed by atoms with Gasteiger partial charge in [-0.15, -0.1) is 0 Å². The molecule has 0 saturated carbocycles. The molecule has 0 unspecified atom stereocenters.